The van der Waals surface area contributed by atoms with Crippen molar-refractivity contribution in [1.82, 2.24) is 10.2 Å². The van der Waals surface area contributed by atoms with Gasteiger partial charge in [-0.05, 0) is 48.4 Å². The Balaban J connectivity index is 0.00000240. The van der Waals surface area contributed by atoms with Crippen molar-refractivity contribution in [3.63, 3.8) is 0 Å². The average Bonchev–Trinajstić information content (AvgIpc) is 2.77. The molecule has 1 aliphatic rings. The summed E-state index contributed by atoms with van der Waals surface area (Å²) in [6.45, 7) is 6.16. The minimum atomic E-state index is 0. The first-order valence-corrected chi connectivity index (χ1v) is 10.1. The molecule has 1 fully saturated rings. The molecular formula is C23H34Cl2N2O4. The molecule has 0 spiro atoms. The van der Waals surface area contributed by atoms with Crippen molar-refractivity contribution in [3.8, 4) is 17.2 Å². The van der Waals surface area contributed by atoms with E-state index in [1.165, 1.54) is 16.7 Å². The van der Waals surface area contributed by atoms with Crippen molar-refractivity contribution >= 4 is 24.8 Å². The van der Waals surface area contributed by atoms with E-state index in [1.54, 1.807) is 21.3 Å². The summed E-state index contributed by atoms with van der Waals surface area (Å²) < 4.78 is 21.7. The molecule has 1 N–H and O–H groups in total. The molecule has 0 amide bonds. The third-order valence-electron chi connectivity index (χ3n) is 5.21. The zero-order chi connectivity index (χ0) is 20.5. The van der Waals surface area contributed by atoms with Gasteiger partial charge in [0.25, 0.3) is 0 Å². The highest BCUT2D eigenvalue weighted by molar-refractivity contribution is 5.85. The average molecular weight is 473 g/mol. The summed E-state index contributed by atoms with van der Waals surface area (Å²) in [5, 5.41) is 3.54. The summed E-state index contributed by atoms with van der Waals surface area (Å²) in [5.74, 6) is 2.48. The van der Waals surface area contributed by atoms with Crippen LogP contribution in [0.4, 0.5) is 0 Å². The Morgan fingerprint density at radius 3 is 2.16 bits per heavy atom. The minimum Gasteiger partial charge on any atom is -0.496 e. The first kappa shape index (κ1) is 27.3. The Hall–Kier alpha value is -1.70. The lowest BCUT2D eigenvalue weighted by Gasteiger charge is -2.27. The van der Waals surface area contributed by atoms with Gasteiger partial charge in [0.2, 0.25) is 0 Å². The zero-order valence-corrected chi connectivity index (χ0v) is 20.2. The van der Waals surface area contributed by atoms with Gasteiger partial charge in [-0.25, -0.2) is 0 Å². The topological polar surface area (TPSA) is 52.2 Å². The molecule has 0 saturated carbocycles. The predicted octanol–water partition coefficient (Wildman–Crippen LogP) is 3.72. The Morgan fingerprint density at radius 1 is 0.839 bits per heavy atom. The fraction of sp³-hybridized carbons (Fsp3) is 0.478. The van der Waals surface area contributed by atoms with Gasteiger partial charge in [0.1, 0.15) is 5.75 Å². The fourth-order valence-corrected chi connectivity index (χ4v) is 3.57. The van der Waals surface area contributed by atoms with E-state index in [9.17, 15) is 0 Å². The molecule has 1 heterocycles. The van der Waals surface area contributed by atoms with Crippen molar-refractivity contribution in [2.24, 2.45) is 0 Å². The van der Waals surface area contributed by atoms with Crippen LogP contribution in [0.2, 0.25) is 0 Å². The number of halogens is 2. The van der Waals surface area contributed by atoms with Gasteiger partial charge in [0.15, 0.2) is 11.5 Å². The number of benzene rings is 2. The van der Waals surface area contributed by atoms with Crippen LogP contribution in [0, 0.1) is 0 Å². The number of morpholine rings is 1. The highest BCUT2D eigenvalue weighted by atomic mass is 35.5. The van der Waals surface area contributed by atoms with Crippen LogP contribution in [-0.2, 0) is 24.2 Å². The number of hydrogen-bond acceptors (Lipinski definition) is 6. The van der Waals surface area contributed by atoms with Gasteiger partial charge in [-0.3, -0.25) is 4.90 Å². The zero-order valence-electron chi connectivity index (χ0n) is 18.5. The summed E-state index contributed by atoms with van der Waals surface area (Å²) >= 11 is 0. The lowest BCUT2D eigenvalue weighted by Crippen LogP contribution is -2.35. The van der Waals surface area contributed by atoms with Crippen LogP contribution in [0.1, 0.15) is 16.7 Å². The van der Waals surface area contributed by atoms with E-state index >= 15 is 0 Å². The normalized spacial score (nSPS) is 13.6. The molecule has 6 nitrogen and oxygen atoms in total. The number of nitrogens with zero attached hydrogens (tertiary/aromatic N) is 1. The van der Waals surface area contributed by atoms with Crippen LogP contribution in [-0.4, -0.2) is 59.1 Å². The monoisotopic (exact) mass is 472 g/mol. The Labute approximate surface area is 198 Å². The molecular weight excluding hydrogens is 439 g/mol. The van der Waals surface area contributed by atoms with Crippen molar-refractivity contribution in [2.75, 3.05) is 54.2 Å². The van der Waals surface area contributed by atoms with Gasteiger partial charge < -0.3 is 24.3 Å². The Kier molecular flexibility index (Phi) is 12.7. The predicted molar refractivity (Wildman–Crippen MR) is 129 cm³/mol. The van der Waals surface area contributed by atoms with Crippen LogP contribution in [0.5, 0.6) is 17.2 Å². The molecule has 31 heavy (non-hydrogen) atoms. The van der Waals surface area contributed by atoms with Crippen LogP contribution in [0.25, 0.3) is 0 Å². The number of nitrogens with one attached hydrogen (secondary N) is 1. The Bertz CT molecular complexity index is 786. The van der Waals surface area contributed by atoms with E-state index in [1.807, 2.05) is 12.1 Å². The van der Waals surface area contributed by atoms with Gasteiger partial charge in [-0.15, -0.1) is 24.8 Å². The van der Waals surface area contributed by atoms with Crippen LogP contribution in [0.15, 0.2) is 36.4 Å². The van der Waals surface area contributed by atoms with E-state index in [2.05, 4.69) is 34.5 Å². The maximum atomic E-state index is 5.57. The molecule has 0 atom stereocenters. The molecule has 0 bridgehead atoms. The van der Waals surface area contributed by atoms with Crippen LogP contribution >= 0.6 is 24.8 Å². The molecule has 174 valence electrons. The van der Waals surface area contributed by atoms with Gasteiger partial charge >= 0.3 is 0 Å². The summed E-state index contributed by atoms with van der Waals surface area (Å²) in [5.41, 5.74) is 3.72. The van der Waals surface area contributed by atoms with Crippen molar-refractivity contribution in [3.05, 3.63) is 53.1 Å². The molecule has 2 aromatic rings. The van der Waals surface area contributed by atoms with Gasteiger partial charge in [0, 0.05) is 31.7 Å². The van der Waals surface area contributed by atoms with Crippen molar-refractivity contribution < 1.29 is 18.9 Å². The van der Waals surface area contributed by atoms with Crippen LogP contribution in [0.3, 0.4) is 0 Å². The number of hydrogen-bond donors (Lipinski definition) is 1. The molecule has 3 rings (SSSR count). The van der Waals surface area contributed by atoms with Gasteiger partial charge in [-0.2, -0.15) is 0 Å². The molecule has 1 saturated heterocycles. The van der Waals surface area contributed by atoms with Crippen molar-refractivity contribution in [1.29, 1.82) is 0 Å². The smallest absolute Gasteiger partial charge is 0.160 e. The highest BCUT2D eigenvalue weighted by Crippen LogP contribution is 2.27. The standard InChI is InChI=1S/C23H32N2O4.2ClH/c1-26-21-6-5-19(14-20(21)17-25-10-12-29-13-11-25)16-24-9-8-18-4-7-22(27-2)23(15-18)28-3;;/h4-7,14-15,24H,8-13,16-17H2,1-3H3;2*1H. The number of rotatable bonds is 10. The second-order valence-corrected chi connectivity index (χ2v) is 7.15. The third-order valence-corrected chi connectivity index (χ3v) is 5.21. The van der Waals surface area contributed by atoms with E-state index in [0.29, 0.717) is 0 Å². The van der Waals surface area contributed by atoms with E-state index in [-0.39, 0.29) is 24.8 Å². The van der Waals surface area contributed by atoms with Gasteiger partial charge in [0.05, 0.1) is 34.5 Å². The lowest BCUT2D eigenvalue weighted by atomic mass is 10.1. The second kappa shape index (κ2) is 14.4. The SMILES string of the molecule is COc1ccc(CNCCc2ccc(OC)c(OC)c2)cc1CN1CCOCC1.Cl.Cl. The fourth-order valence-electron chi connectivity index (χ4n) is 3.57. The number of methoxy groups -OCH3 is 3. The first-order valence-electron chi connectivity index (χ1n) is 10.1. The highest BCUT2D eigenvalue weighted by Gasteiger charge is 2.14. The molecule has 8 heteroatoms. The minimum absolute atomic E-state index is 0. The van der Waals surface area contributed by atoms with Crippen molar-refractivity contribution in [2.45, 2.75) is 19.5 Å². The molecule has 0 aromatic heterocycles. The van der Waals surface area contributed by atoms with E-state index in [4.69, 9.17) is 18.9 Å². The van der Waals surface area contributed by atoms with E-state index < -0.39 is 0 Å². The second-order valence-electron chi connectivity index (χ2n) is 7.15. The molecule has 2 aromatic carbocycles. The number of ether oxygens (including phenoxy) is 4. The quantitative estimate of drug-likeness (QED) is 0.531. The third kappa shape index (κ3) is 8.05. The Morgan fingerprint density at radius 2 is 1.48 bits per heavy atom. The summed E-state index contributed by atoms with van der Waals surface area (Å²) in [4.78, 5) is 2.41. The molecule has 1 aliphatic heterocycles. The molecule has 0 unspecified atom stereocenters. The van der Waals surface area contributed by atoms with Gasteiger partial charge in [-0.1, -0.05) is 12.1 Å². The molecule has 0 aliphatic carbocycles. The maximum Gasteiger partial charge on any atom is 0.160 e. The lowest BCUT2D eigenvalue weighted by molar-refractivity contribution is 0.0339. The maximum absolute atomic E-state index is 5.57. The summed E-state index contributed by atoms with van der Waals surface area (Å²) in [6, 6.07) is 12.5. The first-order chi connectivity index (χ1) is 14.2. The van der Waals surface area contributed by atoms with Crippen LogP contribution < -0.4 is 19.5 Å². The molecule has 0 radical (unpaired) electrons. The largest absolute Gasteiger partial charge is 0.496 e. The summed E-state index contributed by atoms with van der Waals surface area (Å²) in [6.07, 6.45) is 0.928. The van der Waals surface area contributed by atoms with E-state index in [0.717, 1.165) is 69.6 Å². The summed E-state index contributed by atoms with van der Waals surface area (Å²) in [7, 11) is 5.05.